The van der Waals surface area contributed by atoms with Crippen molar-refractivity contribution in [3.05, 3.63) is 58.7 Å². The summed E-state index contributed by atoms with van der Waals surface area (Å²) in [5, 5.41) is 9.16. The molecule has 7 nitrogen and oxygen atoms in total. The molecule has 2 aliphatic heterocycles. The van der Waals surface area contributed by atoms with Crippen molar-refractivity contribution < 1.29 is 45.7 Å². The van der Waals surface area contributed by atoms with Gasteiger partial charge in [0.2, 0.25) is 12.7 Å². The highest BCUT2D eigenvalue weighted by Crippen LogP contribution is 2.42. The standard InChI is InChI=1S/C29H35F6N3O4/c1-36(10-4-14-39)22-8-12-38(13-9-22)25(23-5-3-6-24-26(23)42-18-41-24)27(40)37(2)11-7-19-15-20(28(30,31)32)17-21(16-19)29(33,34)35/h3,5-6,15-17,22,25,39H,4,7-14,18H2,1-2H3. The summed E-state index contributed by atoms with van der Waals surface area (Å²) in [7, 11) is 3.49. The first kappa shape index (κ1) is 31.9. The number of benzene rings is 2. The predicted octanol–water partition coefficient (Wildman–Crippen LogP) is 4.97. The van der Waals surface area contributed by atoms with Crippen molar-refractivity contribution in [2.45, 2.75) is 50.1 Å². The van der Waals surface area contributed by atoms with Gasteiger partial charge in [0.05, 0.1) is 11.1 Å². The van der Waals surface area contributed by atoms with Crippen LogP contribution in [-0.2, 0) is 23.6 Å². The number of para-hydroxylation sites is 1. The summed E-state index contributed by atoms with van der Waals surface area (Å²) in [4.78, 5) is 19.5. The number of nitrogens with zero attached hydrogens (tertiary/aromatic N) is 3. The fourth-order valence-electron chi connectivity index (χ4n) is 5.52. The number of carbonyl (C=O) groups excluding carboxylic acids is 1. The molecule has 0 saturated carbocycles. The largest absolute Gasteiger partial charge is 0.454 e. The van der Waals surface area contributed by atoms with Crippen LogP contribution < -0.4 is 9.47 Å². The molecule has 4 rings (SSSR count). The third-order valence-corrected chi connectivity index (χ3v) is 7.87. The van der Waals surface area contributed by atoms with E-state index in [4.69, 9.17) is 14.6 Å². The fourth-order valence-corrected chi connectivity index (χ4v) is 5.52. The molecule has 232 valence electrons. The number of ether oxygens (including phenoxy) is 2. The maximum absolute atomic E-state index is 14.0. The van der Waals surface area contributed by atoms with Crippen LogP contribution >= 0.6 is 0 Å². The van der Waals surface area contributed by atoms with Crippen molar-refractivity contribution in [3.8, 4) is 11.5 Å². The minimum atomic E-state index is -4.95. The first-order valence-electron chi connectivity index (χ1n) is 13.8. The van der Waals surface area contributed by atoms with Gasteiger partial charge >= 0.3 is 12.4 Å². The monoisotopic (exact) mass is 603 g/mol. The second-order valence-electron chi connectivity index (χ2n) is 10.7. The number of likely N-dealkylation sites (tertiary alicyclic amines) is 1. The Labute approximate surface area is 240 Å². The molecule has 0 aromatic heterocycles. The highest BCUT2D eigenvalue weighted by molar-refractivity contribution is 5.84. The highest BCUT2D eigenvalue weighted by Gasteiger charge is 2.38. The second kappa shape index (κ2) is 13.1. The van der Waals surface area contributed by atoms with Crippen LogP contribution in [0.2, 0.25) is 0 Å². The van der Waals surface area contributed by atoms with E-state index in [2.05, 4.69) is 4.90 Å². The normalized spacial score (nSPS) is 17.1. The van der Waals surface area contributed by atoms with Crippen LogP contribution in [0.5, 0.6) is 11.5 Å². The number of carbonyl (C=O) groups is 1. The minimum Gasteiger partial charge on any atom is -0.454 e. The van der Waals surface area contributed by atoms with E-state index in [1.807, 2.05) is 11.9 Å². The Hall–Kier alpha value is -3.03. The summed E-state index contributed by atoms with van der Waals surface area (Å²) in [5.41, 5.74) is -2.35. The molecule has 1 saturated heterocycles. The van der Waals surface area contributed by atoms with Gasteiger partial charge in [-0.3, -0.25) is 9.69 Å². The molecule has 2 aromatic carbocycles. The second-order valence-corrected chi connectivity index (χ2v) is 10.7. The highest BCUT2D eigenvalue weighted by atomic mass is 19.4. The van der Waals surface area contributed by atoms with Gasteiger partial charge in [-0.05, 0) is 62.6 Å². The van der Waals surface area contributed by atoms with Crippen molar-refractivity contribution in [1.82, 2.24) is 14.7 Å². The molecule has 2 aromatic rings. The lowest BCUT2D eigenvalue weighted by Gasteiger charge is -2.41. The van der Waals surface area contributed by atoms with E-state index >= 15 is 0 Å². The van der Waals surface area contributed by atoms with Gasteiger partial charge in [0.25, 0.3) is 0 Å². The van der Waals surface area contributed by atoms with E-state index in [9.17, 15) is 31.1 Å². The molecule has 2 aliphatic rings. The Bertz CT molecular complexity index is 1200. The van der Waals surface area contributed by atoms with Gasteiger partial charge in [-0.1, -0.05) is 12.1 Å². The van der Waals surface area contributed by atoms with E-state index in [0.29, 0.717) is 48.7 Å². The zero-order valence-electron chi connectivity index (χ0n) is 23.5. The van der Waals surface area contributed by atoms with Crippen molar-refractivity contribution in [2.24, 2.45) is 0 Å². The molecule has 1 fully saturated rings. The van der Waals surface area contributed by atoms with E-state index in [-0.39, 0.29) is 49.9 Å². The number of likely N-dealkylation sites (N-methyl/N-ethyl adjacent to an activating group) is 1. The summed E-state index contributed by atoms with van der Waals surface area (Å²) >= 11 is 0. The molecular formula is C29H35F6N3O4. The Balaban J connectivity index is 1.55. The van der Waals surface area contributed by atoms with E-state index in [1.54, 1.807) is 18.2 Å². The van der Waals surface area contributed by atoms with Crippen molar-refractivity contribution in [3.63, 3.8) is 0 Å². The Morgan fingerprint density at radius 3 is 2.24 bits per heavy atom. The third kappa shape index (κ3) is 7.48. The Kier molecular flexibility index (Phi) is 9.94. The number of piperidine rings is 1. The van der Waals surface area contributed by atoms with Gasteiger partial charge in [-0.15, -0.1) is 0 Å². The number of fused-ring (bicyclic) bond motifs is 1. The number of rotatable bonds is 10. The lowest BCUT2D eigenvalue weighted by molar-refractivity contribution is -0.143. The molecule has 0 bridgehead atoms. The average Bonchev–Trinajstić information content (AvgIpc) is 3.44. The predicted molar refractivity (Wildman–Crippen MR) is 142 cm³/mol. The van der Waals surface area contributed by atoms with Crippen molar-refractivity contribution >= 4 is 5.91 Å². The molecule has 1 N–H and O–H groups in total. The molecular weight excluding hydrogens is 568 g/mol. The number of aliphatic hydroxyl groups excluding tert-OH is 1. The molecule has 2 heterocycles. The molecule has 0 spiro atoms. The van der Waals surface area contributed by atoms with Crippen LogP contribution in [0.25, 0.3) is 0 Å². The summed E-state index contributed by atoms with van der Waals surface area (Å²) in [6.45, 7) is 1.90. The van der Waals surface area contributed by atoms with Gasteiger partial charge in [0, 0.05) is 51.4 Å². The first-order valence-corrected chi connectivity index (χ1v) is 13.8. The van der Waals surface area contributed by atoms with E-state index in [0.717, 1.165) is 19.4 Å². The Morgan fingerprint density at radius 1 is 1.00 bits per heavy atom. The molecule has 42 heavy (non-hydrogen) atoms. The molecule has 13 heteroatoms. The van der Waals surface area contributed by atoms with Gasteiger partial charge in [-0.25, -0.2) is 0 Å². The fraction of sp³-hybridized carbons (Fsp3) is 0.552. The molecule has 1 amide bonds. The average molecular weight is 604 g/mol. The van der Waals surface area contributed by atoms with Crippen LogP contribution in [-0.4, -0.2) is 85.4 Å². The van der Waals surface area contributed by atoms with Gasteiger partial charge in [0.1, 0.15) is 6.04 Å². The van der Waals surface area contributed by atoms with Crippen LogP contribution in [0.15, 0.2) is 36.4 Å². The van der Waals surface area contributed by atoms with Crippen LogP contribution in [0, 0.1) is 0 Å². The van der Waals surface area contributed by atoms with Crippen LogP contribution in [0.3, 0.4) is 0 Å². The topological polar surface area (TPSA) is 65.5 Å². The van der Waals surface area contributed by atoms with Crippen molar-refractivity contribution in [1.29, 1.82) is 0 Å². The lowest BCUT2D eigenvalue weighted by Crippen LogP contribution is -2.49. The number of hydrogen-bond acceptors (Lipinski definition) is 6. The summed E-state index contributed by atoms with van der Waals surface area (Å²) < 4.78 is 91.2. The van der Waals surface area contributed by atoms with Crippen molar-refractivity contribution in [2.75, 3.05) is 53.7 Å². The maximum Gasteiger partial charge on any atom is 0.416 e. The van der Waals surface area contributed by atoms with E-state index in [1.165, 1.54) is 11.9 Å². The zero-order valence-corrected chi connectivity index (χ0v) is 23.5. The van der Waals surface area contributed by atoms with Gasteiger partial charge < -0.3 is 24.4 Å². The van der Waals surface area contributed by atoms with Crippen LogP contribution in [0.1, 0.15) is 47.6 Å². The molecule has 1 unspecified atom stereocenters. The Morgan fingerprint density at radius 2 is 1.64 bits per heavy atom. The molecule has 1 atom stereocenters. The number of amides is 1. The number of halogens is 6. The SMILES string of the molecule is CN(CCc1cc(C(F)(F)F)cc(C(F)(F)F)c1)C(=O)C(c1cccc2c1OCO2)N1CCC(N(C)CCCO)CC1. The lowest BCUT2D eigenvalue weighted by atomic mass is 9.96. The molecule has 0 radical (unpaired) electrons. The number of alkyl halides is 6. The number of hydrogen-bond donors (Lipinski definition) is 1. The summed E-state index contributed by atoms with van der Waals surface area (Å²) in [6.07, 6.45) is -7.90. The van der Waals surface area contributed by atoms with Gasteiger partial charge in [-0.2, -0.15) is 26.3 Å². The van der Waals surface area contributed by atoms with E-state index < -0.39 is 29.5 Å². The maximum atomic E-state index is 14.0. The first-order chi connectivity index (χ1) is 19.8. The third-order valence-electron chi connectivity index (χ3n) is 7.87. The smallest absolute Gasteiger partial charge is 0.416 e. The van der Waals surface area contributed by atoms with Gasteiger partial charge in [0.15, 0.2) is 11.5 Å². The number of aliphatic hydroxyl groups is 1. The summed E-state index contributed by atoms with van der Waals surface area (Å²) in [5.74, 6) is 0.586. The zero-order chi connectivity index (χ0) is 30.7. The minimum absolute atomic E-state index is 0.00208. The quantitative estimate of drug-likeness (QED) is 0.387. The van der Waals surface area contributed by atoms with Crippen LogP contribution in [0.4, 0.5) is 26.3 Å². The summed E-state index contributed by atoms with van der Waals surface area (Å²) in [6, 6.07) is 6.21. The molecule has 0 aliphatic carbocycles.